The summed E-state index contributed by atoms with van der Waals surface area (Å²) in [5, 5.41) is 0. The van der Waals surface area contributed by atoms with Crippen molar-refractivity contribution in [2.75, 3.05) is 13.1 Å². The molecule has 1 atom stereocenters. The van der Waals surface area contributed by atoms with Crippen LogP contribution in [0.2, 0.25) is 0 Å². The second-order valence-electron chi connectivity index (χ2n) is 7.93. The van der Waals surface area contributed by atoms with E-state index in [9.17, 15) is 9.18 Å². The Labute approximate surface area is 167 Å². The van der Waals surface area contributed by atoms with Crippen molar-refractivity contribution in [3.63, 3.8) is 0 Å². The molecule has 7 heteroatoms. The van der Waals surface area contributed by atoms with Crippen LogP contribution in [0.4, 0.5) is 4.39 Å². The first-order valence-corrected chi connectivity index (χ1v) is 9.75. The molecule has 6 nitrogen and oxygen atoms in total. The maximum absolute atomic E-state index is 13.7. The number of carbonyl (C=O) groups excluding carboxylic acids is 1. The van der Waals surface area contributed by atoms with E-state index in [1.54, 1.807) is 18.3 Å². The first-order valence-electron chi connectivity index (χ1n) is 9.75. The van der Waals surface area contributed by atoms with Crippen LogP contribution < -0.4 is 0 Å². The molecule has 1 fully saturated rings. The molecule has 3 aromatic rings. The number of fused-ring (bicyclic) bond motifs is 1. The molecule has 150 valence electrons. The van der Waals surface area contributed by atoms with Crippen LogP contribution in [-0.4, -0.2) is 39.0 Å². The fourth-order valence-electron chi connectivity index (χ4n) is 4.41. The lowest BCUT2D eigenvalue weighted by atomic mass is 10.0. The second-order valence-corrected chi connectivity index (χ2v) is 7.93. The topological polar surface area (TPSA) is 60.5 Å². The van der Waals surface area contributed by atoms with Gasteiger partial charge in [0, 0.05) is 12.1 Å². The Bertz CT molecular complexity index is 1100. The Balaban J connectivity index is 1.40. The number of nitrogens with zero attached hydrogens (tertiary/aromatic N) is 3. The van der Waals surface area contributed by atoms with Gasteiger partial charge in [0.05, 0.1) is 30.5 Å². The zero-order valence-electron chi connectivity index (χ0n) is 16.4. The molecule has 0 bridgehead atoms. The summed E-state index contributed by atoms with van der Waals surface area (Å²) in [5.41, 5.74) is 1.81. The highest BCUT2D eigenvalue weighted by Crippen LogP contribution is 2.36. The molecule has 1 saturated heterocycles. The van der Waals surface area contributed by atoms with E-state index in [1.165, 1.54) is 12.1 Å². The Morgan fingerprint density at radius 2 is 2.10 bits per heavy atom. The van der Waals surface area contributed by atoms with Crippen molar-refractivity contribution in [2.24, 2.45) is 0 Å². The summed E-state index contributed by atoms with van der Waals surface area (Å²) < 4.78 is 27.5. The van der Waals surface area contributed by atoms with Gasteiger partial charge < -0.3 is 18.6 Å². The summed E-state index contributed by atoms with van der Waals surface area (Å²) in [7, 11) is 0. The number of likely N-dealkylation sites (tertiary alicyclic amines) is 1. The molecule has 0 radical (unpaired) electrons. The first kappa shape index (κ1) is 18.1. The smallest absolute Gasteiger partial charge is 0.257 e. The van der Waals surface area contributed by atoms with E-state index in [1.807, 2.05) is 24.8 Å². The van der Waals surface area contributed by atoms with Crippen molar-refractivity contribution in [2.45, 2.75) is 39.0 Å². The summed E-state index contributed by atoms with van der Waals surface area (Å²) in [6, 6.07) is 8.32. The fourth-order valence-corrected chi connectivity index (χ4v) is 4.41. The van der Waals surface area contributed by atoms with E-state index >= 15 is 0 Å². The lowest BCUT2D eigenvalue weighted by Gasteiger charge is -2.35. The molecule has 0 saturated carbocycles. The first-order chi connectivity index (χ1) is 13.9. The summed E-state index contributed by atoms with van der Waals surface area (Å²) >= 11 is 0. The third-order valence-corrected chi connectivity index (χ3v) is 5.89. The number of ether oxygens (including phenoxy) is 1. The van der Waals surface area contributed by atoms with Gasteiger partial charge in [-0.3, -0.25) is 4.79 Å². The molecule has 5 rings (SSSR count). The van der Waals surface area contributed by atoms with Crippen LogP contribution in [0.25, 0.3) is 11.3 Å². The van der Waals surface area contributed by atoms with Crippen molar-refractivity contribution in [1.29, 1.82) is 0 Å². The van der Waals surface area contributed by atoms with Crippen LogP contribution in [0.3, 0.4) is 0 Å². The zero-order chi connectivity index (χ0) is 20.2. The minimum Gasteiger partial charge on any atom is -0.466 e. The zero-order valence-corrected chi connectivity index (χ0v) is 16.4. The predicted octanol–water partition coefficient (Wildman–Crippen LogP) is 3.71. The standard InChI is InChI=1S/C22H22FN3O3/c1-14-8-18(15(2)29-14)21(27)25-7-6-22(12-25)13-26-19(10-24-20(26)11-28-22)16-4-3-5-17(23)9-16/h3-5,8-10H,6-7,11-13H2,1-2H3. The van der Waals surface area contributed by atoms with Gasteiger partial charge in [-0.2, -0.15) is 0 Å². The Hall–Kier alpha value is -2.93. The average Bonchev–Trinajstić information content (AvgIpc) is 3.38. The summed E-state index contributed by atoms with van der Waals surface area (Å²) in [6.07, 6.45) is 2.51. The van der Waals surface area contributed by atoms with Gasteiger partial charge in [-0.25, -0.2) is 9.37 Å². The van der Waals surface area contributed by atoms with E-state index < -0.39 is 5.60 Å². The fraction of sp³-hybridized carbons (Fsp3) is 0.364. The molecular formula is C22H22FN3O3. The number of aryl methyl sites for hydroxylation is 2. The summed E-state index contributed by atoms with van der Waals surface area (Å²) in [4.78, 5) is 19.3. The van der Waals surface area contributed by atoms with Crippen LogP contribution in [0, 0.1) is 19.7 Å². The van der Waals surface area contributed by atoms with Crippen molar-refractivity contribution in [3.05, 3.63) is 65.3 Å². The summed E-state index contributed by atoms with van der Waals surface area (Å²) in [5.74, 6) is 1.89. The Morgan fingerprint density at radius 1 is 1.24 bits per heavy atom. The van der Waals surface area contributed by atoms with E-state index in [4.69, 9.17) is 9.15 Å². The molecule has 1 aromatic carbocycles. The number of benzene rings is 1. The number of amides is 1. The predicted molar refractivity (Wildman–Crippen MR) is 104 cm³/mol. The van der Waals surface area contributed by atoms with Gasteiger partial charge in [-0.15, -0.1) is 0 Å². The lowest BCUT2D eigenvalue weighted by molar-refractivity contribution is -0.0804. The molecule has 0 aliphatic carbocycles. The molecule has 2 aliphatic rings. The number of halogens is 1. The van der Waals surface area contributed by atoms with Crippen LogP contribution >= 0.6 is 0 Å². The Kier molecular flexibility index (Phi) is 4.10. The van der Waals surface area contributed by atoms with Gasteiger partial charge in [-0.05, 0) is 38.5 Å². The SMILES string of the molecule is Cc1cc(C(=O)N2CCC3(C2)Cn2c(-c4cccc(F)c4)cnc2CO3)c(C)o1. The monoisotopic (exact) mass is 395 g/mol. The number of aromatic nitrogens is 2. The van der Waals surface area contributed by atoms with Crippen LogP contribution in [0.1, 0.15) is 34.1 Å². The Morgan fingerprint density at radius 3 is 2.86 bits per heavy atom. The van der Waals surface area contributed by atoms with Gasteiger partial charge in [0.15, 0.2) is 0 Å². The van der Waals surface area contributed by atoms with E-state index in [2.05, 4.69) is 9.55 Å². The summed E-state index contributed by atoms with van der Waals surface area (Å²) in [6.45, 7) is 5.75. The van der Waals surface area contributed by atoms with Gasteiger partial charge in [0.25, 0.3) is 5.91 Å². The molecule has 2 aromatic heterocycles. The van der Waals surface area contributed by atoms with Crippen molar-refractivity contribution >= 4 is 5.91 Å². The van der Waals surface area contributed by atoms with E-state index in [0.717, 1.165) is 29.3 Å². The number of hydrogen-bond donors (Lipinski definition) is 0. The van der Waals surface area contributed by atoms with Gasteiger partial charge in [0.2, 0.25) is 0 Å². The maximum atomic E-state index is 13.7. The highest BCUT2D eigenvalue weighted by molar-refractivity contribution is 5.95. The van der Waals surface area contributed by atoms with Gasteiger partial charge in [0.1, 0.15) is 35.4 Å². The molecule has 2 aliphatic heterocycles. The van der Waals surface area contributed by atoms with Crippen molar-refractivity contribution in [1.82, 2.24) is 14.5 Å². The van der Waals surface area contributed by atoms with Crippen LogP contribution in [0.15, 0.2) is 40.9 Å². The minimum atomic E-state index is -0.460. The van der Waals surface area contributed by atoms with Crippen molar-refractivity contribution in [3.8, 4) is 11.3 Å². The quantitative estimate of drug-likeness (QED) is 0.664. The highest BCUT2D eigenvalue weighted by Gasteiger charge is 2.45. The molecule has 0 N–H and O–H groups in total. The molecule has 1 unspecified atom stereocenters. The molecule has 4 heterocycles. The largest absolute Gasteiger partial charge is 0.466 e. The number of furan rings is 1. The average molecular weight is 395 g/mol. The third kappa shape index (κ3) is 3.06. The second kappa shape index (κ2) is 6.56. The normalized spacial score (nSPS) is 21.0. The number of hydrogen-bond acceptors (Lipinski definition) is 4. The van der Waals surface area contributed by atoms with Gasteiger partial charge in [-0.1, -0.05) is 12.1 Å². The van der Waals surface area contributed by atoms with E-state index in [0.29, 0.717) is 37.6 Å². The number of rotatable bonds is 2. The molecule has 1 amide bonds. The van der Waals surface area contributed by atoms with E-state index in [-0.39, 0.29) is 11.7 Å². The molecular weight excluding hydrogens is 373 g/mol. The molecule has 1 spiro atoms. The number of imidazole rings is 1. The lowest BCUT2D eigenvalue weighted by Crippen LogP contribution is -2.45. The number of carbonyl (C=O) groups is 1. The molecule has 29 heavy (non-hydrogen) atoms. The third-order valence-electron chi connectivity index (χ3n) is 5.89. The van der Waals surface area contributed by atoms with Crippen LogP contribution in [-0.2, 0) is 17.9 Å². The van der Waals surface area contributed by atoms with Crippen molar-refractivity contribution < 1.29 is 18.3 Å². The highest BCUT2D eigenvalue weighted by atomic mass is 19.1. The van der Waals surface area contributed by atoms with Gasteiger partial charge >= 0.3 is 0 Å². The minimum absolute atomic E-state index is 0.0263. The van der Waals surface area contributed by atoms with Crippen LogP contribution in [0.5, 0.6) is 0 Å². The maximum Gasteiger partial charge on any atom is 0.257 e.